The average molecular weight is 381 g/mol. The SMILES string of the molecule is CCCCCNc1cnc(C(=O)NCCc2ccc(Cl)cc2Cl)cn1. The van der Waals surface area contributed by atoms with E-state index in [-0.39, 0.29) is 5.91 Å². The fourth-order valence-corrected chi connectivity index (χ4v) is 2.76. The van der Waals surface area contributed by atoms with Gasteiger partial charge in [0.1, 0.15) is 11.5 Å². The number of hydrogen-bond acceptors (Lipinski definition) is 4. The predicted octanol–water partition coefficient (Wildman–Crippen LogP) is 4.36. The summed E-state index contributed by atoms with van der Waals surface area (Å²) >= 11 is 12.0. The number of carbonyl (C=O) groups excluding carboxylic acids is 1. The number of benzene rings is 1. The second kappa shape index (κ2) is 10.2. The third kappa shape index (κ3) is 6.52. The Bertz CT molecular complexity index is 692. The summed E-state index contributed by atoms with van der Waals surface area (Å²) in [5, 5.41) is 7.20. The highest BCUT2D eigenvalue weighted by atomic mass is 35.5. The molecule has 2 rings (SSSR count). The Kier molecular flexibility index (Phi) is 7.95. The number of rotatable bonds is 9. The molecular weight excluding hydrogens is 359 g/mol. The number of aromatic nitrogens is 2. The molecular formula is C18H22Cl2N4O. The van der Waals surface area contributed by atoms with Crippen LogP contribution in [0.25, 0.3) is 0 Å². The summed E-state index contributed by atoms with van der Waals surface area (Å²) in [6, 6.07) is 5.33. The highest BCUT2D eigenvalue weighted by Gasteiger charge is 2.08. The van der Waals surface area contributed by atoms with Gasteiger partial charge >= 0.3 is 0 Å². The summed E-state index contributed by atoms with van der Waals surface area (Å²) in [5.74, 6) is 0.427. The predicted molar refractivity (Wildman–Crippen MR) is 103 cm³/mol. The van der Waals surface area contributed by atoms with Gasteiger partial charge in [-0.25, -0.2) is 9.97 Å². The molecule has 0 aliphatic heterocycles. The Morgan fingerprint density at radius 1 is 1.12 bits per heavy atom. The normalized spacial score (nSPS) is 10.5. The minimum atomic E-state index is -0.255. The van der Waals surface area contributed by atoms with E-state index in [0.717, 1.165) is 18.5 Å². The molecule has 5 nitrogen and oxygen atoms in total. The molecule has 0 bridgehead atoms. The molecule has 1 amide bonds. The maximum atomic E-state index is 12.1. The van der Waals surface area contributed by atoms with Crippen LogP contribution < -0.4 is 10.6 Å². The van der Waals surface area contributed by atoms with Crippen LogP contribution >= 0.6 is 23.2 Å². The van der Waals surface area contributed by atoms with Crippen molar-refractivity contribution in [3.05, 3.63) is 51.9 Å². The molecule has 0 spiro atoms. The highest BCUT2D eigenvalue weighted by Crippen LogP contribution is 2.21. The summed E-state index contributed by atoms with van der Waals surface area (Å²) < 4.78 is 0. The third-order valence-corrected chi connectivity index (χ3v) is 4.25. The van der Waals surface area contributed by atoms with Crippen LogP contribution in [0.15, 0.2) is 30.6 Å². The van der Waals surface area contributed by atoms with Gasteiger partial charge < -0.3 is 10.6 Å². The molecule has 0 saturated heterocycles. The quantitative estimate of drug-likeness (QED) is 0.634. The Morgan fingerprint density at radius 2 is 1.96 bits per heavy atom. The van der Waals surface area contributed by atoms with Crippen molar-refractivity contribution in [1.29, 1.82) is 0 Å². The van der Waals surface area contributed by atoms with Crippen molar-refractivity contribution in [2.45, 2.75) is 32.6 Å². The van der Waals surface area contributed by atoms with E-state index >= 15 is 0 Å². The van der Waals surface area contributed by atoms with Crippen molar-refractivity contribution in [1.82, 2.24) is 15.3 Å². The average Bonchev–Trinajstić information content (AvgIpc) is 2.61. The van der Waals surface area contributed by atoms with Gasteiger partial charge in [0, 0.05) is 23.1 Å². The van der Waals surface area contributed by atoms with Crippen molar-refractivity contribution in [2.24, 2.45) is 0 Å². The highest BCUT2D eigenvalue weighted by molar-refractivity contribution is 6.35. The van der Waals surface area contributed by atoms with Crippen LogP contribution in [0.1, 0.15) is 42.2 Å². The van der Waals surface area contributed by atoms with Gasteiger partial charge in [0.05, 0.1) is 12.4 Å². The second-order valence-corrected chi connectivity index (χ2v) is 6.51. The van der Waals surface area contributed by atoms with E-state index < -0.39 is 0 Å². The molecule has 2 N–H and O–H groups in total. The smallest absolute Gasteiger partial charge is 0.271 e. The van der Waals surface area contributed by atoms with Gasteiger partial charge in [-0.05, 0) is 30.5 Å². The molecule has 1 heterocycles. The number of amides is 1. The fraction of sp³-hybridized carbons (Fsp3) is 0.389. The second-order valence-electron chi connectivity index (χ2n) is 5.66. The molecule has 0 atom stereocenters. The number of carbonyl (C=O) groups is 1. The van der Waals surface area contributed by atoms with E-state index in [1.165, 1.54) is 19.0 Å². The number of nitrogens with one attached hydrogen (secondary N) is 2. The Balaban J connectivity index is 1.78. The van der Waals surface area contributed by atoms with Gasteiger partial charge in [-0.1, -0.05) is 49.0 Å². The summed E-state index contributed by atoms with van der Waals surface area (Å²) in [6.45, 7) is 3.48. The zero-order valence-corrected chi connectivity index (χ0v) is 15.7. The Morgan fingerprint density at radius 3 is 2.64 bits per heavy atom. The molecule has 1 aromatic heterocycles. The molecule has 0 saturated carbocycles. The van der Waals surface area contributed by atoms with Crippen LogP contribution in [0.4, 0.5) is 5.82 Å². The van der Waals surface area contributed by atoms with Crippen LogP contribution in [0, 0.1) is 0 Å². The molecule has 1 aromatic carbocycles. The number of unbranched alkanes of at least 4 members (excludes halogenated alkanes) is 2. The van der Waals surface area contributed by atoms with Crippen LogP contribution in [0.2, 0.25) is 10.0 Å². The summed E-state index contributed by atoms with van der Waals surface area (Å²) in [7, 11) is 0. The van der Waals surface area contributed by atoms with Crippen LogP contribution in [0.5, 0.6) is 0 Å². The summed E-state index contributed by atoms with van der Waals surface area (Å²) in [5.41, 5.74) is 1.23. The largest absolute Gasteiger partial charge is 0.369 e. The topological polar surface area (TPSA) is 66.9 Å². The monoisotopic (exact) mass is 380 g/mol. The first-order valence-electron chi connectivity index (χ1n) is 8.38. The molecule has 0 aliphatic carbocycles. The van der Waals surface area contributed by atoms with Crippen molar-refractivity contribution in [3.63, 3.8) is 0 Å². The lowest BCUT2D eigenvalue weighted by Crippen LogP contribution is -2.26. The Labute approximate surface area is 158 Å². The van der Waals surface area contributed by atoms with Crippen molar-refractivity contribution in [2.75, 3.05) is 18.4 Å². The van der Waals surface area contributed by atoms with Crippen LogP contribution in [-0.2, 0) is 6.42 Å². The number of halogens is 2. The zero-order chi connectivity index (χ0) is 18.1. The molecule has 0 aliphatic rings. The summed E-state index contributed by atoms with van der Waals surface area (Å²) in [4.78, 5) is 20.5. The van der Waals surface area contributed by atoms with Crippen molar-refractivity contribution in [3.8, 4) is 0 Å². The number of hydrogen-bond donors (Lipinski definition) is 2. The standard InChI is InChI=1S/C18H22Cl2N4O/c1-2-3-4-8-21-17-12-23-16(11-24-17)18(25)22-9-7-13-5-6-14(19)10-15(13)20/h5-6,10-12H,2-4,7-9H2,1H3,(H,21,24)(H,22,25). The van der Waals surface area contributed by atoms with E-state index in [0.29, 0.717) is 34.5 Å². The molecule has 134 valence electrons. The molecule has 0 radical (unpaired) electrons. The van der Waals surface area contributed by atoms with Gasteiger partial charge in [-0.3, -0.25) is 4.79 Å². The maximum absolute atomic E-state index is 12.1. The maximum Gasteiger partial charge on any atom is 0.271 e. The number of nitrogens with zero attached hydrogens (tertiary/aromatic N) is 2. The van der Waals surface area contributed by atoms with Crippen LogP contribution in [-0.4, -0.2) is 29.0 Å². The van der Waals surface area contributed by atoms with Crippen molar-refractivity contribution >= 4 is 34.9 Å². The van der Waals surface area contributed by atoms with Crippen molar-refractivity contribution < 1.29 is 4.79 Å². The van der Waals surface area contributed by atoms with Gasteiger partial charge in [0.15, 0.2) is 0 Å². The van der Waals surface area contributed by atoms with Gasteiger partial charge in [0.25, 0.3) is 5.91 Å². The van der Waals surface area contributed by atoms with E-state index in [1.54, 1.807) is 18.3 Å². The van der Waals surface area contributed by atoms with E-state index in [1.807, 2.05) is 6.07 Å². The minimum absolute atomic E-state index is 0.255. The van der Waals surface area contributed by atoms with Crippen LogP contribution in [0.3, 0.4) is 0 Å². The molecule has 7 heteroatoms. The molecule has 0 unspecified atom stereocenters. The first-order valence-corrected chi connectivity index (χ1v) is 9.13. The van der Waals surface area contributed by atoms with Gasteiger partial charge in [0.2, 0.25) is 0 Å². The third-order valence-electron chi connectivity index (χ3n) is 3.67. The first kappa shape index (κ1) is 19.5. The lowest BCUT2D eigenvalue weighted by atomic mass is 10.1. The molecule has 25 heavy (non-hydrogen) atoms. The van der Waals surface area contributed by atoms with Gasteiger partial charge in [-0.2, -0.15) is 0 Å². The summed E-state index contributed by atoms with van der Waals surface area (Å²) in [6.07, 6.45) is 7.12. The van der Waals surface area contributed by atoms with Gasteiger partial charge in [-0.15, -0.1) is 0 Å². The minimum Gasteiger partial charge on any atom is -0.369 e. The molecule has 2 aromatic rings. The lowest BCUT2D eigenvalue weighted by molar-refractivity contribution is 0.0949. The fourth-order valence-electron chi connectivity index (χ4n) is 2.25. The van der Waals surface area contributed by atoms with E-state index in [2.05, 4.69) is 27.5 Å². The van der Waals surface area contributed by atoms with E-state index in [9.17, 15) is 4.79 Å². The first-order chi connectivity index (χ1) is 12.1. The lowest BCUT2D eigenvalue weighted by Gasteiger charge is -2.08. The zero-order valence-electron chi connectivity index (χ0n) is 14.2. The van der Waals surface area contributed by atoms with E-state index in [4.69, 9.17) is 23.2 Å². The number of anilines is 1. The Hall–Kier alpha value is -1.85. The molecule has 0 fully saturated rings.